The second-order valence-corrected chi connectivity index (χ2v) is 17.5. The molecule has 3 fully saturated rings. The molecule has 3 saturated heterocycles. The predicted octanol–water partition coefficient (Wildman–Crippen LogP) is 7.36. The molecule has 1 N–H and O–H groups in total. The summed E-state index contributed by atoms with van der Waals surface area (Å²) in [7, 11) is 0. The van der Waals surface area contributed by atoms with Gasteiger partial charge in [-0.15, -0.1) is 0 Å². The Morgan fingerprint density at radius 2 is 1.35 bits per heavy atom. The summed E-state index contributed by atoms with van der Waals surface area (Å²) in [6.07, 6.45) is 8.03. The number of rotatable bonds is 7. The van der Waals surface area contributed by atoms with Crippen molar-refractivity contribution in [3.8, 4) is 5.75 Å². The zero-order valence-electron chi connectivity index (χ0n) is 32.8. The Morgan fingerprint density at radius 1 is 0.632 bits per heavy atom. The molecule has 0 saturated carbocycles. The summed E-state index contributed by atoms with van der Waals surface area (Å²) in [5.74, 6) is 0.995. The first-order chi connectivity index (χ1) is 27.9. The van der Waals surface area contributed by atoms with Crippen LogP contribution in [0.3, 0.4) is 0 Å². The van der Waals surface area contributed by atoms with E-state index in [0.717, 1.165) is 68.6 Å². The zero-order valence-corrected chi connectivity index (χ0v) is 32.8. The first-order valence-electron chi connectivity index (χ1n) is 21.4. The van der Waals surface area contributed by atoms with Gasteiger partial charge in [-0.1, -0.05) is 54.6 Å². The van der Waals surface area contributed by atoms with Crippen LogP contribution in [0, 0.1) is 5.92 Å². The topological polar surface area (TPSA) is 87.6 Å². The van der Waals surface area contributed by atoms with Gasteiger partial charge in [0, 0.05) is 68.8 Å². The van der Waals surface area contributed by atoms with E-state index in [4.69, 9.17) is 0 Å². The quantitative estimate of drug-likeness (QED) is 0.197. The number of hydrogen-bond donors (Lipinski definition) is 1. The third-order valence-corrected chi connectivity index (χ3v) is 14.1. The monoisotopic (exact) mass is 763 g/mol. The Kier molecular flexibility index (Phi) is 9.61. The summed E-state index contributed by atoms with van der Waals surface area (Å²) >= 11 is 0. The average molecular weight is 764 g/mol. The van der Waals surface area contributed by atoms with Crippen LogP contribution < -0.4 is 4.90 Å². The maximum absolute atomic E-state index is 13.4. The van der Waals surface area contributed by atoms with Crippen molar-refractivity contribution in [1.82, 2.24) is 19.8 Å². The van der Waals surface area contributed by atoms with Crippen molar-refractivity contribution in [3.05, 3.63) is 129 Å². The number of nitrogens with zero attached hydrogens (tertiary/aromatic N) is 5. The van der Waals surface area contributed by atoms with Gasteiger partial charge in [0.2, 0.25) is 11.8 Å². The summed E-state index contributed by atoms with van der Waals surface area (Å²) in [5.41, 5.74) is 10.7. The fourth-order valence-corrected chi connectivity index (χ4v) is 11.0. The highest BCUT2D eigenvalue weighted by Crippen LogP contribution is 2.47. The van der Waals surface area contributed by atoms with Crippen molar-refractivity contribution in [2.45, 2.75) is 95.3 Å². The van der Waals surface area contributed by atoms with E-state index in [2.05, 4.69) is 81.4 Å². The number of aryl methyl sites for hydroxylation is 1. The highest BCUT2D eigenvalue weighted by molar-refractivity contribution is 6.04. The van der Waals surface area contributed by atoms with Crippen LogP contribution in [0.25, 0.3) is 0 Å². The second-order valence-electron chi connectivity index (χ2n) is 17.5. The van der Waals surface area contributed by atoms with Gasteiger partial charge in [0.05, 0.1) is 6.54 Å². The standard InChI is InChI=1S/C48H53N5O4/c54-41-14-16-43-35(26-41)11-15-42(33-5-2-1-3-6-33)47(43)34-9-12-39(13-10-34)50-23-17-32(18-24-50)28-49-21-19-40(20-22-49)51-29-36-25-38-31-52(48(57)44(38)27-37(36)30-51)53-45(55)7-4-8-46(53)56/h1-3,5-6,9-10,12-14,16,25-27,32,40,42,47,54H,4,7-8,11,15,17-24,28-31H2/t42-,47+/m1/s1. The number of phenols is 1. The lowest BCUT2D eigenvalue weighted by Crippen LogP contribution is -2.52. The molecule has 3 amide bonds. The Hall–Kier alpha value is -4.99. The Bertz CT molecular complexity index is 2160. The molecule has 294 valence electrons. The lowest BCUT2D eigenvalue weighted by molar-refractivity contribution is -0.163. The highest BCUT2D eigenvalue weighted by Gasteiger charge is 2.41. The molecule has 0 bridgehead atoms. The Labute approximate surface area is 335 Å². The maximum Gasteiger partial charge on any atom is 0.273 e. The number of imide groups is 1. The lowest BCUT2D eigenvalue weighted by Gasteiger charge is -2.40. The van der Waals surface area contributed by atoms with Crippen LogP contribution in [0.15, 0.2) is 84.9 Å². The number of benzene rings is 4. The molecule has 5 aliphatic heterocycles. The van der Waals surface area contributed by atoms with E-state index < -0.39 is 0 Å². The van der Waals surface area contributed by atoms with Crippen molar-refractivity contribution < 1.29 is 19.5 Å². The zero-order chi connectivity index (χ0) is 38.6. The van der Waals surface area contributed by atoms with Gasteiger partial charge in [-0.2, -0.15) is 5.01 Å². The van der Waals surface area contributed by atoms with E-state index in [9.17, 15) is 19.5 Å². The van der Waals surface area contributed by atoms with Gasteiger partial charge in [-0.05, 0) is 139 Å². The first kappa shape index (κ1) is 36.4. The van der Waals surface area contributed by atoms with Crippen molar-refractivity contribution in [2.24, 2.45) is 5.92 Å². The van der Waals surface area contributed by atoms with E-state index in [1.165, 1.54) is 76.3 Å². The van der Waals surface area contributed by atoms with Crippen molar-refractivity contribution in [1.29, 1.82) is 0 Å². The number of piperidine rings is 3. The molecular formula is C48H53N5O4. The number of aromatic hydroxyl groups is 1. The Balaban J connectivity index is 0.713. The fourth-order valence-electron chi connectivity index (χ4n) is 11.0. The number of hydrazine groups is 1. The third kappa shape index (κ3) is 6.93. The van der Waals surface area contributed by atoms with Crippen LogP contribution in [0.2, 0.25) is 0 Å². The average Bonchev–Trinajstić information content (AvgIpc) is 3.80. The van der Waals surface area contributed by atoms with Gasteiger partial charge < -0.3 is 14.9 Å². The minimum atomic E-state index is -0.271. The van der Waals surface area contributed by atoms with Crippen LogP contribution in [0.5, 0.6) is 5.75 Å². The van der Waals surface area contributed by atoms with Crippen LogP contribution >= 0.6 is 0 Å². The van der Waals surface area contributed by atoms with Gasteiger partial charge in [0.15, 0.2) is 0 Å². The molecule has 5 heterocycles. The molecule has 1 aliphatic carbocycles. The molecule has 10 rings (SSSR count). The predicted molar refractivity (Wildman–Crippen MR) is 220 cm³/mol. The molecule has 0 unspecified atom stereocenters. The summed E-state index contributed by atoms with van der Waals surface area (Å²) in [6, 6.07) is 31.0. The Morgan fingerprint density at radius 3 is 2.09 bits per heavy atom. The number of phenolic OH excluding ortho intramolecular Hbond substituents is 1. The summed E-state index contributed by atoms with van der Waals surface area (Å²) in [6.45, 7) is 7.69. The highest BCUT2D eigenvalue weighted by atomic mass is 16.3. The molecule has 2 atom stereocenters. The summed E-state index contributed by atoms with van der Waals surface area (Å²) < 4.78 is 0. The van der Waals surface area contributed by atoms with E-state index in [-0.39, 0.29) is 23.6 Å². The first-order valence-corrected chi connectivity index (χ1v) is 21.4. The van der Waals surface area contributed by atoms with Crippen LogP contribution in [0.1, 0.15) is 113 Å². The van der Waals surface area contributed by atoms with Gasteiger partial charge in [0.25, 0.3) is 5.91 Å². The van der Waals surface area contributed by atoms with E-state index in [1.54, 1.807) is 0 Å². The number of fused-ring (bicyclic) bond motifs is 3. The van der Waals surface area contributed by atoms with Gasteiger partial charge in [0.1, 0.15) is 5.75 Å². The molecule has 4 aromatic rings. The second kappa shape index (κ2) is 15.1. The van der Waals surface area contributed by atoms with Crippen LogP contribution in [0.4, 0.5) is 5.69 Å². The minimum absolute atomic E-state index is 0.228. The molecule has 0 aromatic heterocycles. The van der Waals surface area contributed by atoms with Crippen LogP contribution in [-0.4, -0.2) is 81.4 Å². The van der Waals surface area contributed by atoms with Crippen molar-refractivity contribution >= 4 is 23.4 Å². The van der Waals surface area contributed by atoms with E-state index in [1.807, 2.05) is 18.2 Å². The third-order valence-electron chi connectivity index (χ3n) is 14.1. The molecular weight excluding hydrogens is 711 g/mol. The largest absolute Gasteiger partial charge is 0.508 e. The number of anilines is 1. The van der Waals surface area contributed by atoms with Gasteiger partial charge in [-0.3, -0.25) is 19.3 Å². The number of amides is 3. The molecule has 4 aromatic carbocycles. The maximum atomic E-state index is 13.4. The van der Waals surface area contributed by atoms with E-state index in [0.29, 0.717) is 49.1 Å². The number of hydrogen-bond acceptors (Lipinski definition) is 7. The molecule has 0 radical (unpaired) electrons. The van der Waals surface area contributed by atoms with Gasteiger partial charge in [-0.25, -0.2) is 5.01 Å². The minimum Gasteiger partial charge on any atom is -0.508 e. The summed E-state index contributed by atoms with van der Waals surface area (Å²) in [4.78, 5) is 46.3. The SMILES string of the molecule is O=C1c2cc3c(cc2CN1N1C(=O)CCCC1=O)CN(C1CCN(CC2CCN(c4ccc([C@@H]5c6ccc(O)cc6CC[C@@H]5c5ccccc5)cc4)CC2)CC1)C3. The molecule has 57 heavy (non-hydrogen) atoms. The lowest BCUT2D eigenvalue weighted by atomic mass is 9.69. The molecule has 0 spiro atoms. The number of likely N-dealkylation sites (tertiary alicyclic amines) is 1. The number of carbonyl (C=O) groups is 3. The molecule has 9 heteroatoms. The smallest absolute Gasteiger partial charge is 0.273 e. The van der Waals surface area contributed by atoms with Gasteiger partial charge >= 0.3 is 0 Å². The normalized spacial score (nSPS) is 23.6. The van der Waals surface area contributed by atoms with Crippen molar-refractivity contribution in [3.63, 3.8) is 0 Å². The fraction of sp³-hybridized carbons (Fsp3) is 0.438. The summed E-state index contributed by atoms with van der Waals surface area (Å²) in [5, 5.41) is 12.7. The molecule has 6 aliphatic rings. The van der Waals surface area contributed by atoms with Crippen LogP contribution in [-0.2, 0) is 35.6 Å². The van der Waals surface area contributed by atoms with E-state index >= 15 is 0 Å². The number of carbonyl (C=O) groups excluding carboxylic acids is 3. The molecule has 9 nitrogen and oxygen atoms in total. The van der Waals surface area contributed by atoms with Crippen molar-refractivity contribution in [2.75, 3.05) is 37.6 Å².